The largest absolute Gasteiger partial charge is 0.480 e. The Morgan fingerprint density at radius 1 is 1.07 bits per heavy atom. The van der Waals surface area contributed by atoms with Gasteiger partial charge in [0, 0.05) is 0 Å². The fourth-order valence-corrected chi connectivity index (χ4v) is 2.88. The number of aryl methyl sites for hydroxylation is 1. The van der Waals surface area contributed by atoms with Crippen molar-refractivity contribution in [3.63, 3.8) is 0 Å². The van der Waals surface area contributed by atoms with Crippen molar-refractivity contribution in [2.45, 2.75) is 38.3 Å². The molecule has 0 aliphatic rings. The second kappa shape index (κ2) is 10.9. The van der Waals surface area contributed by atoms with Crippen molar-refractivity contribution in [2.75, 3.05) is 6.61 Å². The molecule has 0 radical (unpaired) electrons. The van der Waals surface area contributed by atoms with Gasteiger partial charge in [0.05, 0.1) is 18.2 Å². The van der Waals surface area contributed by atoms with Gasteiger partial charge in [-0.25, -0.2) is 0 Å². The van der Waals surface area contributed by atoms with Gasteiger partial charge in [-0.2, -0.15) is 5.26 Å². The lowest BCUT2D eigenvalue weighted by Crippen LogP contribution is -2.49. The van der Waals surface area contributed by atoms with Crippen LogP contribution in [0.25, 0.3) is 0 Å². The van der Waals surface area contributed by atoms with Crippen LogP contribution in [0.2, 0.25) is 0 Å². The average Bonchev–Trinajstić information content (AvgIpc) is 2.71. The van der Waals surface area contributed by atoms with Crippen molar-refractivity contribution in [3.8, 4) is 6.07 Å². The van der Waals surface area contributed by atoms with Crippen LogP contribution in [-0.4, -0.2) is 35.7 Å². The van der Waals surface area contributed by atoms with Crippen molar-refractivity contribution >= 4 is 11.9 Å². The molecule has 0 spiro atoms. The summed E-state index contributed by atoms with van der Waals surface area (Å²) in [6.07, 6.45) is 1.25. The number of carboxylic acids is 1. The monoisotopic (exact) mass is 380 g/mol. The van der Waals surface area contributed by atoms with Crippen LogP contribution < -0.4 is 5.32 Å². The quantitative estimate of drug-likeness (QED) is 0.615. The number of nitrogens with one attached hydrogen (secondary N) is 1. The number of carboxylic acid groups (broad SMARTS) is 1. The summed E-state index contributed by atoms with van der Waals surface area (Å²) in [4.78, 5) is 24.1. The van der Waals surface area contributed by atoms with Gasteiger partial charge in [-0.3, -0.25) is 14.9 Å². The molecule has 0 aliphatic heterocycles. The molecule has 0 saturated heterocycles. The molecule has 2 N–H and O–H groups in total. The Morgan fingerprint density at radius 3 is 2.32 bits per heavy atom. The Kier molecular flexibility index (Phi) is 8.19. The first-order valence-corrected chi connectivity index (χ1v) is 9.22. The number of nitriles is 1. The normalized spacial score (nSPS) is 12.6. The standard InChI is InChI=1S/C22H24N2O4/c1-2-28-22(27)19(13-12-16-6-4-3-5-7-16)24-20(21(25)26)14-17-8-10-18(15-23)11-9-17/h3-11,19-20,24H,2,12-14H2,1H3,(H,25,26)/t19-,20?/m0/s1. The second-order valence-electron chi connectivity index (χ2n) is 6.40. The van der Waals surface area contributed by atoms with Gasteiger partial charge in [0.25, 0.3) is 0 Å². The van der Waals surface area contributed by atoms with Crippen molar-refractivity contribution in [1.29, 1.82) is 5.26 Å². The van der Waals surface area contributed by atoms with Gasteiger partial charge in [0.15, 0.2) is 0 Å². The molecule has 2 rings (SSSR count). The molecule has 0 fully saturated rings. The van der Waals surface area contributed by atoms with Crippen LogP contribution in [0, 0.1) is 11.3 Å². The van der Waals surface area contributed by atoms with Gasteiger partial charge in [0.2, 0.25) is 0 Å². The van der Waals surface area contributed by atoms with Crippen LogP contribution in [0.5, 0.6) is 0 Å². The summed E-state index contributed by atoms with van der Waals surface area (Å²) >= 11 is 0. The van der Waals surface area contributed by atoms with Gasteiger partial charge in [-0.1, -0.05) is 42.5 Å². The van der Waals surface area contributed by atoms with E-state index >= 15 is 0 Å². The third-order valence-electron chi connectivity index (χ3n) is 4.36. The molecule has 2 aromatic carbocycles. The van der Waals surface area contributed by atoms with E-state index in [-0.39, 0.29) is 13.0 Å². The highest BCUT2D eigenvalue weighted by Gasteiger charge is 2.27. The van der Waals surface area contributed by atoms with E-state index < -0.39 is 24.0 Å². The molecule has 0 aliphatic carbocycles. The topological polar surface area (TPSA) is 99.4 Å². The highest BCUT2D eigenvalue weighted by Crippen LogP contribution is 2.11. The number of benzene rings is 2. The third-order valence-corrected chi connectivity index (χ3v) is 4.36. The van der Waals surface area contributed by atoms with Crippen LogP contribution in [-0.2, 0) is 27.2 Å². The number of rotatable bonds is 10. The predicted molar refractivity (Wildman–Crippen MR) is 105 cm³/mol. The maximum absolute atomic E-state index is 12.3. The van der Waals surface area contributed by atoms with Crippen molar-refractivity contribution in [2.24, 2.45) is 0 Å². The van der Waals surface area contributed by atoms with E-state index in [1.807, 2.05) is 36.4 Å². The number of aliphatic carboxylic acids is 1. The zero-order valence-electron chi connectivity index (χ0n) is 15.8. The van der Waals surface area contributed by atoms with Crippen LogP contribution >= 0.6 is 0 Å². The minimum absolute atomic E-state index is 0.197. The Balaban J connectivity index is 2.09. The number of hydrogen-bond donors (Lipinski definition) is 2. The first kappa shape index (κ1) is 21.1. The molecular formula is C22H24N2O4. The maximum Gasteiger partial charge on any atom is 0.323 e. The summed E-state index contributed by atoms with van der Waals surface area (Å²) in [5.41, 5.74) is 2.35. The van der Waals surface area contributed by atoms with E-state index in [9.17, 15) is 14.7 Å². The molecule has 1 unspecified atom stereocenters. The summed E-state index contributed by atoms with van der Waals surface area (Å²) in [6, 6.07) is 16.8. The molecule has 0 aromatic heterocycles. The molecule has 6 nitrogen and oxygen atoms in total. The fourth-order valence-electron chi connectivity index (χ4n) is 2.88. The first-order chi connectivity index (χ1) is 13.5. The van der Waals surface area contributed by atoms with Gasteiger partial charge in [-0.15, -0.1) is 0 Å². The van der Waals surface area contributed by atoms with E-state index in [4.69, 9.17) is 10.00 Å². The SMILES string of the molecule is CCOC(=O)[C@H](CCc1ccccc1)NC(Cc1ccc(C#N)cc1)C(=O)O. The molecule has 6 heteroatoms. The summed E-state index contributed by atoms with van der Waals surface area (Å²) in [6.45, 7) is 1.95. The molecule has 146 valence electrons. The molecule has 28 heavy (non-hydrogen) atoms. The lowest BCUT2D eigenvalue weighted by atomic mass is 10.0. The molecule has 0 bridgehead atoms. The Labute approximate surface area is 164 Å². The van der Waals surface area contributed by atoms with Gasteiger partial charge in [-0.05, 0) is 49.4 Å². The van der Waals surface area contributed by atoms with Crippen LogP contribution in [0.3, 0.4) is 0 Å². The minimum atomic E-state index is -1.04. The third kappa shape index (κ3) is 6.53. The molecule has 0 saturated carbocycles. The highest BCUT2D eigenvalue weighted by molar-refractivity contribution is 5.79. The fraction of sp³-hybridized carbons (Fsp3) is 0.318. The lowest BCUT2D eigenvalue weighted by Gasteiger charge is -2.22. The number of carbonyl (C=O) groups excluding carboxylic acids is 1. The van der Waals surface area contributed by atoms with Gasteiger partial charge < -0.3 is 9.84 Å². The van der Waals surface area contributed by atoms with E-state index in [1.165, 1.54) is 0 Å². The molecular weight excluding hydrogens is 356 g/mol. The molecule has 2 atom stereocenters. The smallest absolute Gasteiger partial charge is 0.323 e. The number of nitrogens with zero attached hydrogens (tertiary/aromatic N) is 1. The number of hydrogen-bond acceptors (Lipinski definition) is 5. The number of carbonyl (C=O) groups is 2. The number of ether oxygens (including phenoxy) is 1. The minimum Gasteiger partial charge on any atom is -0.480 e. The summed E-state index contributed by atoms with van der Waals surface area (Å²) in [5.74, 6) is -1.50. The zero-order valence-corrected chi connectivity index (χ0v) is 15.8. The maximum atomic E-state index is 12.3. The van der Waals surface area contributed by atoms with Gasteiger partial charge in [0.1, 0.15) is 12.1 Å². The highest BCUT2D eigenvalue weighted by atomic mass is 16.5. The van der Waals surface area contributed by atoms with E-state index in [0.717, 1.165) is 11.1 Å². The van der Waals surface area contributed by atoms with Crippen molar-refractivity contribution in [3.05, 3.63) is 71.3 Å². The molecule has 0 amide bonds. The summed E-state index contributed by atoms with van der Waals surface area (Å²) in [5, 5.41) is 21.4. The van der Waals surface area contributed by atoms with Crippen LogP contribution in [0.15, 0.2) is 54.6 Å². The zero-order chi connectivity index (χ0) is 20.4. The lowest BCUT2D eigenvalue weighted by molar-refractivity contribution is -0.147. The summed E-state index contributed by atoms with van der Waals surface area (Å²) < 4.78 is 5.12. The Bertz CT molecular complexity index is 813. The molecule has 0 heterocycles. The van der Waals surface area contributed by atoms with Crippen LogP contribution in [0.1, 0.15) is 30.0 Å². The van der Waals surface area contributed by atoms with E-state index in [1.54, 1.807) is 31.2 Å². The Hall–Kier alpha value is -3.17. The summed E-state index contributed by atoms with van der Waals surface area (Å²) in [7, 11) is 0. The van der Waals surface area contributed by atoms with Crippen molar-refractivity contribution < 1.29 is 19.4 Å². The molecule has 2 aromatic rings. The average molecular weight is 380 g/mol. The van der Waals surface area contributed by atoms with Gasteiger partial charge >= 0.3 is 11.9 Å². The van der Waals surface area contributed by atoms with Crippen LogP contribution in [0.4, 0.5) is 0 Å². The first-order valence-electron chi connectivity index (χ1n) is 9.22. The van der Waals surface area contributed by atoms with E-state index in [2.05, 4.69) is 5.32 Å². The van der Waals surface area contributed by atoms with E-state index in [0.29, 0.717) is 18.4 Å². The van der Waals surface area contributed by atoms with Crippen molar-refractivity contribution in [1.82, 2.24) is 5.32 Å². The Morgan fingerprint density at radius 2 is 1.75 bits per heavy atom. The number of esters is 1. The predicted octanol–water partition coefficient (Wildman–Crippen LogP) is 2.71. The second-order valence-corrected chi connectivity index (χ2v) is 6.40.